The maximum Gasteiger partial charge on any atom is 0.322 e. The number of esters is 1. The Morgan fingerprint density at radius 3 is 2.94 bits per heavy atom. The Morgan fingerprint density at radius 2 is 2.39 bits per heavy atom. The van der Waals surface area contributed by atoms with E-state index in [1.165, 1.54) is 7.11 Å². The van der Waals surface area contributed by atoms with E-state index in [2.05, 4.69) is 17.3 Å². The summed E-state index contributed by atoms with van der Waals surface area (Å²) in [7, 11) is 3.36. The molecule has 0 aliphatic rings. The number of carbonyl (C=O) groups excluding carboxylic acids is 1. The lowest BCUT2D eigenvalue weighted by molar-refractivity contribution is -0.143. The second kappa shape index (κ2) is 7.87. The molecular weight excluding hydrogens is 230 g/mol. The van der Waals surface area contributed by atoms with E-state index in [0.717, 1.165) is 37.9 Å². The van der Waals surface area contributed by atoms with Gasteiger partial charge in [-0.15, -0.1) is 0 Å². The van der Waals surface area contributed by atoms with Crippen molar-refractivity contribution in [1.29, 1.82) is 0 Å². The molecule has 18 heavy (non-hydrogen) atoms. The summed E-state index contributed by atoms with van der Waals surface area (Å²) in [6.07, 6.45) is 5.57. The van der Waals surface area contributed by atoms with E-state index in [9.17, 15) is 4.79 Å². The van der Waals surface area contributed by atoms with Gasteiger partial charge in [0.25, 0.3) is 0 Å². The number of nitrogens with one attached hydrogen (secondary N) is 1. The fourth-order valence-electron chi connectivity index (χ4n) is 1.87. The van der Waals surface area contributed by atoms with Crippen LogP contribution in [0.2, 0.25) is 0 Å². The highest BCUT2D eigenvalue weighted by molar-refractivity contribution is 5.75. The number of rotatable bonds is 8. The van der Waals surface area contributed by atoms with Crippen molar-refractivity contribution in [2.75, 3.05) is 13.7 Å². The normalized spacial score (nSPS) is 12.4. The molecule has 5 nitrogen and oxygen atoms in total. The van der Waals surface area contributed by atoms with Crippen molar-refractivity contribution < 1.29 is 9.53 Å². The molecule has 1 atom stereocenters. The Hall–Kier alpha value is -1.36. The molecule has 1 rings (SSSR count). The summed E-state index contributed by atoms with van der Waals surface area (Å²) in [5.74, 6) is -0.173. The Balaban J connectivity index is 2.37. The smallest absolute Gasteiger partial charge is 0.322 e. The standard InChI is InChI=1S/C13H23N3O2/c1-4-5-6-12(13(17)18-3)14-9-7-11-8-10-15-16(11)2/h8,10,12,14H,4-7,9H2,1-3H3. The lowest BCUT2D eigenvalue weighted by atomic mass is 10.1. The van der Waals surface area contributed by atoms with Crippen LogP contribution in [0.25, 0.3) is 0 Å². The summed E-state index contributed by atoms with van der Waals surface area (Å²) < 4.78 is 6.65. The van der Waals surface area contributed by atoms with Gasteiger partial charge in [-0.25, -0.2) is 0 Å². The van der Waals surface area contributed by atoms with Crippen LogP contribution in [-0.4, -0.2) is 35.4 Å². The second-order valence-corrected chi connectivity index (χ2v) is 4.37. The third-order valence-electron chi connectivity index (χ3n) is 3.03. The first kappa shape index (κ1) is 14.7. The van der Waals surface area contributed by atoms with E-state index in [1.54, 1.807) is 6.20 Å². The van der Waals surface area contributed by atoms with Crippen LogP contribution in [0.5, 0.6) is 0 Å². The highest BCUT2D eigenvalue weighted by Gasteiger charge is 2.17. The fraction of sp³-hybridized carbons (Fsp3) is 0.692. The first-order valence-electron chi connectivity index (χ1n) is 6.47. The molecule has 0 bridgehead atoms. The monoisotopic (exact) mass is 253 g/mol. The largest absolute Gasteiger partial charge is 0.468 e. The lowest BCUT2D eigenvalue weighted by Gasteiger charge is -2.16. The zero-order chi connectivity index (χ0) is 13.4. The van der Waals surface area contributed by atoms with E-state index >= 15 is 0 Å². The van der Waals surface area contributed by atoms with Crippen LogP contribution >= 0.6 is 0 Å². The quantitative estimate of drug-likeness (QED) is 0.709. The highest BCUT2D eigenvalue weighted by Crippen LogP contribution is 2.03. The van der Waals surface area contributed by atoms with Gasteiger partial charge in [-0.3, -0.25) is 9.48 Å². The van der Waals surface area contributed by atoms with Gasteiger partial charge in [0, 0.05) is 31.9 Å². The Labute approximate surface area is 109 Å². The second-order valence-electron chi connectivity index (χ2n) is 4.37. The van der Waals surface area contributed by atoms with Crippen molar-refractivity contribution in [3.8, 4) is 0 Å². The molecule has 0 aliphatic heterocycles. The van der Waals surface area contributed by atoms with Crippen molar-refractivity contribution in [2.45, 2.75) is 38.6 Å². The zero-order valence-corrected chi connectivity index (χ0v) is 11.5. The third-order valence-corrected chi connectivity index (χ3v) is 3.03. The van der Waals surface area contributed by atoms with Crippen LogP contribution in [0.3, 0.4) is 0 Å². The van der Waals surface area contributed by atoms with Gasteiger partial charge in [-0.2, -0.15) is 5.10 Å². The number of nitrogens with zero attached hydrogens (tertiary/aromatic N) is 2. The van der Waals surface area contributed by atoms with Gasteiger partial charge in [0.1, 0.15) is 6.04 Å². The summed E-state index contributed by atoms with van der Waals surface area (Å²) >= 11 is 0. The molecule has 0 saturated carbocycles. The van der Waals surface area contributed by atoms with Gasteiger partial charge in [0.15, 0.2) is 0 Å². The van der Waals surface area contributed by atoms with Crippen molar-refractivity contribution in [3.63, 3.8) is 0 Å². The SMILES string of the molecule is CCCCC(NCCc1ccnn1C)C(=O)OC. The van der Waals surface area contributed by atoms with E-state index in [-0.39, 0.29) is 12.0 Å². The molecule has 1 heterocycles. The molecule has 1 aromatic rings. The van der Waals surface area contributed by atoms with E-state index < -0.39 is 0 Å². The molecule has 0 aliphatic carbocycles. The topological polar surface area (TPSA) is 56.2 Å². The minimum Gasteiger partial charge on any atom is -0.468 e. The van der Waals surface area contributed by atoms with Gasteiger partial charge in [0.2, 0.25) is 0 Å². The van der Waals surface area contributed by atoms with Crippen LogP contribution in [0.15, 0.2) is 12.3 Å². The molecule has 0 aromatic carbocycles. The number of hydrogen-bond acceptors (Lipinski definition) is 4. The Kier molecular flexibility index (Phi) is 6.43. The first-order valence-corrected chi connectivity index (χ1v) is 6.47. The number of aromatic nitrogens is 2. The van der Waals surface area contributed by atoms with Gasteiger partial charge in [-0.1, -0.05) is 19.8 Å². The molecule has 1 aromatic heterocycles. The van der Waals surface area contributed by atoms with E-state index in [1.807, 2.05) is 17.8 Å². The molecule has 5 heteroatoms. The number of methoxy groups -OCH3 is 1. The minimum absolute atomic E-state index is 0.173. The van der Waals surface area contributed by atoms with Crippen LogP contribution in [0.4, 0.5) is 0 Å². The van der Waals surface area contributed by atoms with Crippen LogP contribution < -0.4 is 5.32 Å². The van der Waals surface area contributed by atoms with Crippen LogP contribution in [0.1, 0.15) is 31.9 Å². The van der Waals surface area contributed by atoms with Crippen molar-refractivity contribution in [3.05, 3.63) is 18.0 Å². The van der Waals surface area contributed by atoms with Gasteiger partial charge in [-0.05, 0) is 12.5 Å². The number of aryl methyl sites for hydroxylation is 1. The zero-order valence-electron chi connectivity index (χ0n) is 11.5. The number of hydrogen-bond donors (Lipinski definition) is 1. The van der Waals surface area contributed by atoms with E-state index in [0.29, 0.717) is 0 Å². The van der Waals surface area contributed by atoms with Crippen molar-refractivity contribution >= 4 is 5.97 Å². The maximum atomic E-state index is 11.6. The van der Waals surface area contributed by atoms with Gasteiger partial charge in [0.05, 0.1) is 7.11 Å². The summed E-state index contributed by atoms with van der Waals surface area (Å²) in [6.45, 7) is 2.87. The van der Waals surface area contributed by atoms with Crippen LogP contribution in [0, 0.1) is 0 Å². The molecule has 0 fully saturated rings. The molecule has 0 amide bonds. The fourth-order valence-corrected chi connectivity index (χ4v) is 1.87. The lowest BCUT2D eigenvalue weighted by Crippen LogP contribution is -2.38. The van der Waals surface area contributed by atoms with Crippen molar-refractivity contribution in [2.24, 2.45) is 7.05 Å². The molecule has 1 N–H and O–H groups in total. The predicted octanol–water partition coefficient (Wildman–Crippen LogP) is 1.28. The summed E-state index contributed by atoms with van der Waals surface area (Å²) in [5, 5.41) is 7.37. The highest BCUT2D eigenvalue weighted by atomic mass is 16.5. The average Bonchev–Trinajstić information content (AvgIpc) is 2.78. The first-order chi connectivity index (χ1) is 8.69. The molecular formula is C13H23N3O2. The molecule has 0 radical (unpaired) electrons. The number of unbranched alkanes of at least 4 members (excludes halogenated alkanes) is 1. The van der Waals surface area contributed by atoms with Gasteiger partial charge < -0.3 is 10.1 Å². The minimum atomic E-state index is -0.192. The summed E-state index contributed by atoms with van der Waals surface area (Å²) in [4.78, 5) is 11.6. The maximum absolute atomic E-state index is 11.6. The van der Waals surface area contributed by atoms with Crippen LogP contribution in [-0.2, 0) is 23.0 Å². The number of ether oxygens (including phenoxy) is 1. The molecule has 0 saturated heterocycles. The molecule has 102 valence electrons. The number of carbonyl (C=O) groups is 1. The summed E-state index contributed by atoms with van der Waals surface area (Å²) in [5.41, 5.74) is 1.15. The average molecular weight is 253 g/mol. The Bertz CT molecular complexity index is 363. The third kappa shape index (κ3) is 4.49. The molecule has 0 spiro atoms. The Morgan fingerprint density at radius 1 is 1.61 bits per heavy atom. The molecule has 1 unspecified atom stereocenters. The van der Waals surface area contributed by atoms with Gasteiger partial charge >= 0.3 is 5.97 Å². The van der Waals surface area contributed by atoms with E-state index in [4.69, 9.17) is 4.74 Å². The summed E-state index contributed by atoms with van der Waals surface area (Å²) in [6, 6.07) is 1.80. The predicted molar refractivity (Wildman–Crippen MR) is 70.2 cm³/mol. The van der Waals surface area contributed by atoms with Crippen molar-refractivity contribution in [1.82, 2.24) is 15.1 Å².